The third-order valence-electron chi connectivity index (χ3n) is 3.02. The van der Waals surface area contributed by atoms with Gasteiger partial charge in [-0.05, 0) is 25.5 Å². The van der Waals surface area contributed by atoms with Crippen molar-refractivity contribution in [3.05, 3.63) is 34.9 Å². The summed E-state index contributed by atoms with van der Waals surface area (Å²) in [5.74, 6) is 0.0766. The monoisotopic (exact) mass is 246 g/mol. The summed E-state index contributed by atoms with van der Waals surface area (Å²) in [6, 6.07) is 3.81. The zero-order valence-corrected chi connectivity index (χ0v) is 11.3. The van der Waals surface area contributed by atoms with E-state index in [4.69, 9.17) is 0 Å². The lowest BCUT2D eigenvalue weighted by atomic mass is 10.1. The van der Waals surface area contributed by atoms with Gasteiger partial charge in [-0.15, -0.1) is 0 Å². The molecule has 0 unspecified atom stereocenters. The molecule has 18 heavy (non-hydrogen) atoms. The van der Waals surface area contributed by atoms with Crippen molar-refractivity contribution in [1.82, 2.24) is 19.6 Å². The Morgan fingerprint density at radius 1 is 1.22 bits per heavy atom. The number of aromatic nitrogens is 4. The Morgan fingerprint density at radius 2 is 1.94 bits per heavy atom. The molecule has 0 spiro atoms. The number of carbonyl (C=O) groups is 1. The van der Waals surface area contributed by atoms with Crippen molar-refractivity contribution in [3.8, 4) is 0 Å². The van der Waals surface area contributed by atoms with E-state index in [-0.39, 0.29) is 5.78 Å². The molecule has 0 aliphatic carbocycles. The van der Waals surface area contributed by atoms with Crippen molar-refractivity contribution in [2.24, 2.45) is 14.1 Å². The van der Waals surface area contributed by atoms with Gasteiger partial charge >= 0.3 is 0 Å². The highest BCUT2D eigenvalue weighted by Gasteiger charge is 2.15. The minimum Gasteiger partial charge on any atom is -0.292 e. The molecule has 5 nitrogen and oxygen atoms in total. The maximum atomic E-state index is 12.2. The van der Waals surface area contributed by atoms with E-state index < -0.39 is 0 Å². The Hall–Kier alpha value is -1.91. The Labute approximate surface area is 106 Å². The van der Waals surface area contributed by atoms with E-state index in [1.165, 1.54) is 0 Å². The van der Waals surface area contributed by atoms with Gasteiger partial charge in [0.25, 0.3) is 0 Å². The van der Waals surface area contributed by atoms with Gasteiger partial charge in [0.2, 0.25) is 0 Å². The van der Waals surface area contributed by atoms with Gasteiger partial charge in [-0.2, -0.15) is 10.2 Å². The van der Waals surface area contributed by atoms with E-state index in [1.807, 2.05) is 33.0 Å². The van der Waals surface area contributed by atoms with E-state index in [2.05, 4.69) is 10.2 Å². The first-order chi connectivity index (χ1) is 8.51. The molecular formula is C13H18N4O. The highest BCUT2D eigenvalue weighted by molar-refractivity contribution is 5.95. The quantitative estimate of drug-likeness (QED) is 0.767. The third-order valence-corrected chi connectivity index (χ3v) is 3.02. The number of aryl methyl sites for hydroxylation is 4. The topological polar surface area (TPSA) is 52.7 Å². The fourth-order valence-electron chi connectivity index (χ4n) is 2.05. The molecule has 0 atom stereocenters. The number of carbonyl (C=O) groups excluding carboxylic acids is 1. The lowest BCUT2D eigenvalue weighted by Gasteiger charge is -2.01. The molecule has 96 valence electrons. The fraction of sp³-hybridized carbons (Fsp3) is 0.462. The van der Waals surface area contributed by atoms with Gasteiger partial charge < -0.3 is 0 Å². The SMILES string of the molecule is CCc1cc(C(=O)Cc2cc(C)nn2C)n(C)n1. The van der Waals surface area contributed by atoms with Crippen molar-refractivity contribution < 1.29 is 4.79 Å². The minimum atomic E-state index is 0.0766. The highest BCUT2D eigenvalue weighted by Crippen LogP contribution is 2.10. The predicted molar refractivity (Wildman–Crippen MR) is 68.6 cm³/mol. The molecule has 0 saturated heterocycles. The summed E-state index contributed by atoms with van der Waals surface area (Å²) in [7, 11) is 3.66. The number of hydrogen-bond acceptors (Lipinski definition) is 3. The molecule has 0 amide bonds. The van der Waals surface area contributed by atoms with E-state index >= 15 is 0 Å². The average Bonchev–Trinajstić information content (AvgIpc) is 2.82. The first kappa shape index (κ1) is 12.5. The second-order valence-electron chi connectivity index (χ2n) is 4.50. The Balaban J connectivity index is 2.21. The van der Waals surface area contributed by atoms with Gasteiger partial charge in [0.05, 0.1) is 17.8 Å². The van der Waals surface area contributed by atoms with Crippen molar-refractivity contribution in [3.63, 3.8) is 0 Å². The lowest BCUT2D eigenvalue weighted by Crippen LogP contribution is -2.12. The average molecular weight is 246 g/mol. The van der Waals surface area contributed by atoms with Crippen LogP contribution in [-0.4, -0.2) is 25.3 Å². The van der Waals surface area contributed by atoms with E-state index in [0.29, 0.717) is 12.1 Å². The summed E-state index contributed by atoms with van der Waals surface area (Å²) in [6.07, 6.45) is 1.20. The van der Waals surface area contributed by atoms with Crippen LogP contribution in [0.3, 0.4) is 0 Å². The minimum absolute atomic E-state index is 0.0766. The molecule has 0 N–H and O–H groups in total. The van der Waals surface area contributed by atoms with E-state index in [1.54, 1.807) is 16.4 Å². The van der Waals surface area contributed by atoms with Gasteiger partial charge in [-0.25, -0.2) is 0 Å². The second-order valence-corrected chi connectivity index (χ2v) is 4.50. The molecule has 2 rings (SSSR count). The lowest BCUT2D eigenvalue weighted by molar-refractivity contribution is 0.0981. The van der Waals surface area contributed by atoms with E-state index in [0.717, 1.165) is 23.5 Å². The van der Waals surface area contributed by atoms with Crippen LogP contribution in [0.15, 0.2) is 12.1 Å². The number of ketones is 1. The highest BCUT2D eigenvalue weighted by atomic mass is 16.1. The van der Waals surface area contributed by atoms with Crippen LogP contribution in [0.5, 0.6) is 0 Å². The van der Waals surface area contributed by atoms with Crippen molar-refractivity contribution in [2.75, 3.05) is 0 Å². The number of rotatable bonds is 4. The number of nitrogens with zero attached hydrogens (tertiary/aromatic N) is 4. The molecule has 2 aromatic rings. The molecule has 2 aromatic heterocycles. The van der Waals surface area contributed by atoms with Gasteiger partial charge in [-0.3, -0.25) is 14.2 Å². The second kappa shape index (κ2) is 4.76. The molecule has 5 heteroatoms. The van der Waals surface area contributed by atoms with Crippen LogP contribution in [-0.2, 0) is 26.9 Å². The summed E-state index contributed by atoms with van der Waals surface area (Å²) in [6.45, 7) is 3.95. The molecule has 0 bridgehead atoms. The van der Waals surface area contributed by atoms with Gasteiger partial charge in [0, 0.05) is 19.8 Å². The van der Waals surface area contributed by atoms with Crippen molar-refractivity contribution in [2.45, 2.75) is 26.7 Å². The van der Waals surface area contributed by atoms with Gasteiger partial charge in [0.15, 0.2) is 5.78 Å². The van der Waals surface area contributed by atoms with Crippen LogP contribution in [0.2, 0.25) is 0 Å². The normalized spacial score (nSPS) is 10.9. The Morgan fingerprint density at radius 3 is 2.44 bits per heavy atom. The van der Waals surface area contributed by atoms with Crippen molar-refractivity contribution in [1.29, 1.82) is 0 Å². The van der Waals surface area contributed by atoms with Crippen LogP contribution in [0, 0.1) is 6.92 Å². The standard InChI is InChI=1S/C13H18N4O/c1-5-10-7-12(17(4)15-10)13(18)8-11-6-9(2)14-16(11)3/h6-7H,5,8H2,1-4H3. The summed E-state index contributed by atoms with van der Waals surface area (Å²) in [4.78, 5) is 12.2. The van der Waals surface area contributed by atoms with Crippen LogP contribution in [0.4, 0.5) is 0 Å². The maximum Gasteiger partial charge on any atom is 0.186 e. The van der Waals surface area contributed by atoms with Crippen LogP contribution in [0.25, 0.3) is 0 Å². The van der Waals surface area contributed by atoms with Gasteiger partial charge in [0.1, 0.15) is 5.69 Å². The van der Waals surface area contributed by atoms with Crippen LogP contribution < -0.4 is 0 Å². The van der Waals surface area contributed by atoms with Crippen molar-refractivity contribution >= 4 is 5.78 Å². The number of hydrogen-bond donors (Lipinski definition) is 0. The molecule has 0 aliphatic heterocycles. The van der Waals surface area contributed by atoms with E-state index in [9.17, 15) is 4.79 Å². The first-order valence-corrected chi connectivity index (χ1v) is 6.07. The predicted octanol–water partition coefficient (Wildman–Crippen LogP) is 1.45. The molecule has 0 saturated carbocycles. The summed E-state index contributed by atoms with van der Waals surface area (Å²) in [5.41, 5.74) is 3.46. The smallest absolute Gasteiger partial charge is 0.186 e. The molecule has 2 heterocycles. The molecular weight excluding hydrogens is 228 g/mol. The summed E-state index contributed by atoms with van der Waals surface area (Å²) < 4.78 is 3.41. The number of Topliss-reactive ketones (excluding diaryl/α,β-unsaturated/α-hetero) is 1. The maximum absolute atomic E-state index is 12.2. The molecule has 0 fully saturated rings. The Kier molecular flexibility index (Phi) is 3.32. The van der Waals surface area contributed by atoms with Gasteiger partial charge in [-0.1, -0.05) is 6.92 Å². The first-order valence-electron chi connectivity index (χ1n) is 6.07. The Bertz CT molecular complexity index is 580. The molecule has 0 aliphatic rings. The zero-order valence-electron chi connectivity index (χ0n) is 11.3. The molecule has 0 aromatic carbocycles. The fourth-order valence-corrected chi connectivity index (χ4v) is 2.05. The van der Waals surface area contributed by atoms with Crippen LogP contribution >= 0.6 is 0 Å². The zero-order chi connectivity index (χ0) is 13.3. The van der Waals surface area contributed by atoms with Crippen LogP contribution in [0.1, 0.15) is 34.5 Å². The molecule has 0 radical (unpaired) electrons. The third kappa shape index (κ3) is 2.34. The summed E-state index contributed by atoms with van der Waals surface area (Å²) in [5, 5.41) is 8.54. The summed E-state index contributed by atoms with van der Waals surface area (Å²) >= 11 is 0. The largest absolute Gasteiger partial charge is 0.292 e.